The Morgan fingerprint density at radius 1 is 0.829 bits per heavy atom. The van der Waals surface area contributed by atoms with Gasteiger partial charge in [0.1, 0.15) is 17.1 Å². The molecule has 0 saturated heterocycles. The zero-order valence-corrected chi connectivity index (χ0v) is 24.6. The molecule has 3 N–H and O–H groups in total. The van der Waals surface area contributed by atoms with Crippen molar-refractivity contribution in [1.29, 1.82) is 0 Å². The van der Waals surface area contributed by atoms with Gasteiger partial charge in [0.15, 0.2) is 11.5 Å². The van der Waals surface area contributed by atoms with Gasteiger partial charge in [0.05, 0.1) is 32.0 Å². The highest BCUT2D eigenvalue weighted by Crippen LogP contribution is 2.55. The molecular weight excluding hydrogens is 516 g/mol. The Hall–Kier alpha value is -3.74. The zero-order chi connectivity index (χ0) is 29.5. The van der Waals surface area contributed by atoms with E-state index in [-0.39, 0.29) is 11.7 Å². The van der Waals surface area contributed by atoms with Crippen molar-refractivity contribution >= 4 is 24.3 Å². The topological polar surface area (TPSA) is 88.4 Å². The third-order valence-electron chi connectivity index (χ3n) is 8.86. The number of rotatable bonds is 6. The summed E-state index contributed by atoms with van der Waals surface area (Å²) in [6.07, 6.45) is 7.08. The fourth-order valence-electron chi connectivity index (χ4n) is 6.52. The number of benzene rings is 3. The molecule has 0 spiro atoms. The molecule has 5 rings (SSSR count). The molecule has 1 aliphatic heterocycles. The van der Waals surface area contributed by atoms with Crippen LogP contribution in [0.3, 0.4) is 0 Å². The number of ether oxygens (including phenoxy) is 3. The maximum atomic E-state index is 10.8. The molecule has 1 fully saturated rings. The van der Waals surface area contributed by atoms with E-state index < -0.39 is 23.2 Å². The van der Waals surface area contributed by atoms with Crippen molar-refractivity contribution in [1.82, 2.24) is 0 Å². The first-order chi connectivity index (χ1) is 19.4. The summed E-state index contributed by atoms with van der Waals surface area (Å²) in [6.45, 7) is 8.06. The lowest BCUT2D eigenvalue weighted by Crippen LogP contribution is -2.63. The molecule has 6 heteroatoms. The van der Waals surface area contributed by atoms with Crippen LogP contribution >= 0.6 is 0 Å². The molecule has 2 aliphatic rings. The van der Waals surface area contributed by atoms with Crippen molar-refractivity contribution in [3.63, 3.8) is 0 Å². The molecule has 1 aliphatic carbocycles. The number of phenolic OH excluding ortho intramolecular Hbond substituents is 1. The molecule has 0 radical (unpaired) electrons. The quantitative estimate of drug-likeness (QED) is 0.300. The summed E-state index contributed by atoms with van der Waals surface area (Å²) in [5.41, 5.74) is 4.40. The number of aryl methyl sites for hydroxylation is 1. The number of methoxy groups -OCH3 is 2. The third-order valence-corrected chi connectivity index (χ3v) is 8.86. The van der Waals surface area contributed by atoms with Gasteiger partial charge in [0.2, 0.25) is 0 Å². The standard InChI is InChI=1S/C35H40O6/c1-21-7-9-22(10-8-21)13-14-26-27(36)16-24(17-29(26)39-5)12-11-23-15-25-19-31-34(2,3)33(38)28(37)20-35(31,4)41-32(25)30(18-23)40-6/h7-18,28,31,33,36-38H,19-20H2,1-6H3/b12-11+,14-13+/t28-,31-,33-,35-/m1/s1. The molecule has 6 nitrogen and oxygen atoms in total. The van der Waals surface area contributed by atoms with E-state index in [0.29, 0.717) is 35.7 Å². The Morgan fingerprint density at radius 2 is 1.44 bits per heavy atom. The second kappa shape index (κ2) is 10.9. The van der Waals surface area contributed by atoms with Crippen LogP contribution in [0.4, 0.5) is 0 Å². The average Bonchev–Trinajstić information content (AvgIpc) is 2.94. The second-order valence-corrected chi connectivity index (χ2v) is 12.2. The van der Waals surface area contributed by atoms with E-state index in [9.17, 15) is 15.3 Å². The number of hydrogen-bond acceptors (Lipinski definition) is 6. The van der Waals surface area contributed by atoms with E-state index in [1.807, 2.05) is 76.3 Å². The summed E-state index contributed by atoms with van der Waals surface area (Å²) in [5, 5.41) is 32.2. The minimum Gasteiger partial charge on any atom is -0.507 e. The van der Waals surface area contributed by atoms with Gasteiger partial charge in [-0.2, -0.15) is 0 Å². The van der Waals surface area contributed by atoms with Gasteiger partial charge >= 0.3 is 0 Å². The highest BCUT2D eigenvalue weighted by atomic mass is 16.5. The number of aromatic hydroxyl groups is 1. The molecule has 216 valence electrons. The zero-order valence-electron chi connectivity index (χ0n) is 24.6. The first-order valence-electron chi connectivity index (χ1n) is 14.0. The predicted molar refractivity (Wildman–Crippen MR) is 163 cm³/mol. The Labute approximate surface area is 242 Å². The maximum absolute atomic E-state index is 10.8. The van der Waals surface area contributed by atoms with Crippen LogP contribution < -0.4 is 14.2 Å². The summed E-state index contributed by atoms with van der Waals surface area (Å²) in [6, 6.07) is 15.8. The van der Waals surface area contributed by atoms with Crippen molar-refractivity contribution in [2.75, 3.05) is 14.2 Å². The Balaban J connectivity index is 1.44. The van der Waals surface area contributed by atoms with E-state index in [0.717, 1.165) is 22.3 Å². The van der Waals surface area contributed by atoms with Gasteiger partial charge in [-0.05, 0) is 72.9 Å². The van der Waals surface area contributed by atoms with Crippen molar-refractivity contribution in [2.24, 2.45) is 11.3 Å². The largest absolute Gasteiger partial charge is 0.507 e. The van der Waals surface area contributed by atoms with Crippen LogP contribution in [0.5, 0.6) is 23.0 Å². The molecule has 1 saturated carbocycles. The Kier molecular flexibility index (Phi) is 7.66. The maximum Gasteiger partial charge on any atom is 0.165 e. The normalized spacial score (nSPS) is 25.0. The molecule has 0 aromatic heterocycles. The lowest BCUT2D eigenvalue weighted by Gasteiger charge is -2.56. The number of aliphatic hydroxyl groups excluding tert-OH is 2. The number of phenols is 1. The van der Waals surface area contributed by atoms with Crippen molar-refractivity contribution in [3.05, 3.63) is 81.9 Å². The lowest BCUT2D eigenvalue weighted by atomic mass is 9.57. The molecule has 3 aromatic carbocycles. The SMILES string of the molecule is COc1cc(/C=C/c2cc3c(c(OC)c2)O[C@]2(C)C[C@@H](O)[C@@H](O)C(C)(C)[C@H]2C3)cc(O)c1/C=C/c1ccc(C)cc1. The van der Waals surface area contributed by atoms with Gasteiger partial charge in [0.25, 0.3) is 0 Å². The third kappa shape index (κ3) is 5.46. The van der Waals surface area contributed by atoms with E-state index >= 15 is 0 Å². The van der Waals surface area contributed by atoms with E-state index in [2.05, 4.69) is 18.2 Å². The smallest absolute Gasteiger partial charge is 0.165 e. The number of fused-ring (bicyclic) bond motifs is 2. The van der Waals surface area contributed by atoms with Gasteiger partial charge in [-0.3, -0.25) is 0 Å². The van der Waals surface area contributed by atoms with Crippen LogP contribution in [0.2, 0.25) is 0 Å². The molecule has 41 heavy (non-hydrogen) atoms. The van der Waals surface area contributed by atoms with Gasteiger partial charge in [0, 0.05) is 17.8 Å². The fraction of sp³-hybridized carbons (Fsp3) is 0.371. The summed E-state index contributed by atoms with van der Waals surface area (Å²) in [7, 11) is 3.21. The Morgan fingerprint density at radius 3 is 2.10 bits per heavy atom. The van der Waals surface area contributed by atoms with Crippen LogP contribution in [-0.2, 0) is 6.42 Å². The second-order valence-electron chi connectivity index (χ2n) is 12.2. The molecule has 1 heterocycles. The predicted octanol–water partition coefficient (Wildman–Crippen LogP) is 6.52. The first kappa shape index (κ1) is 28.8. The van der Waals surface area contributed by atoms with Crippen LogP contribution in [0, 0.1) is 18.3 Å². The summed E-state index contributed by atoms with van der Waals surface area (Å²) < 4.78 is 17.9. The van der Waals surface area contributed by atoms with Crippen molar-refractivity contribution < 1.29 is 29.5 Å². The monoisotopic (exact) mass is 556 g/mol. The van der Waals surface area contributed by atoms with Gasteiger partial charge in [-0.1, -0.05) is 61.9 Å². The molecule has 4 atom stereocenters. The number of aliphatic hydroxyl groups is 2. The minimum atomic E-state index is -0.848. The molecule has 0 amide bonds. The molecule has 3 aromatic rings. The minimum absolute atomic E-state index is 0.00607. The summed E-state index contributed by atoms with van der Waals surface area (Å²) in [4.78, 5) is 0. The van der Waals surface area contributed by atoms with Crippen LogP contribution in [0.25, 0.3) is 24.3 Å². The van der Waals surface area contributed by atoms with Crippen LogP contribution in [0.1, 0.15) is 60.6 Å². The van der Waals surface area contributed by atoms with Crippen LogP contribution in [-0.4, -0.2) is 47.3 Å². The van der Waals surface area contributed by atoms with Crippen LogP contribution in [0.15, 0.2) is 48.5 Å². The van der Waals surface area contributed by atoms with Crippen molar-refractivity contribution in [2.45, 2.75) is 58.3 Å². The van der Waals surface area contributed by atoms with Gasteiger partial charge in [-0.15, -0.1) is 0 Å². The van der Waals surface area contributed by atoms with Gasteiger partial charge < -0.3 is 29.5 Å². The van der Waals surface area contributed by atoms with Gasteiger partial charge in [-0.25, -0.2) is 0 Å². The van der Waals surface area contributed by atoms with E-state index in [1.54, 1.807) is 20.3 Å². The molecule has 0 bridgehead atoms. The first-order valence-corrected chi connectivity index (χ1v) is 14.0. The fourth-order valence-corrected chi connectivity index (χ4v) is 6.52. The molecule has 0 unspecified atom stereocenters. The summed E-state index contributed by atoms with van der Waals surface area (Å²) in [5.74, 6) is 2.02. The highest BCUT2D eigenvalue weighted by Gasteiger charge is 2.58. The van der Waals surface area contributed by atoms with E-state index in [4.69, 9.17) is 14.2 Å². The van der Waals surface area contributed by atoms with E-state index in [1.165, 1.54) is 5.56 Å². The highest BCUT2D eigenvalue weighted by molar-refractivity contribution is 5.79. The van der Waals surface area contributed by atoms with Crippen molar-refractivity contribution in [3.8, 4) is 23.0 Å². The summed E-state index contributed by atoms with van der Waals surface area (Å²) >= 11 is 0. The lowest BCUT2D eigenvalue weighted by molar-refractivity contribution is -0.187. The average molecular weight is 557 g/mol. The molecular formula is C35H40O6. The number of hydrogen-bond donors (Lipinski definition) is 3. The Bertz CT molecular complexity index is 1490.